The average Bonchev–Trinajstić information content (AvgIpc) is 2.15. The van der Waals surface area contributed by atoms with Crippen LogP contribution in [-0.2, 0) is 0 Å². The van der Waals surface area contributed by atoms with Gasteiger partial charge in [-0.3, -0.25) is 0 Å². The molecule has 0 spiro atoms. The molecule has 0 atom stereocenters. The number of benzene rings is 1. The SMILES string of the molecule is C=NCCCOc1ccc(Cl)cc1. The quantitative estimate of drug-likeness (QED) is 0.526. The largest absolute Gasteiger partial charge is 0.494 e. The fraction of sp³-hybridized carbons (Fsp3) is 0.300. The summed E-state index contributed by atoms with van der Waals surface area (Å²) in [5, 5.41) is 0.722. The Bertz CT molecular complexity index is 258. The second-order valence-corrected chi connectivity index (χ2v) is 3.04. The molecule has 0 fully saturated rings. The van der Waals surface area contributed by atoms with Gasteiger partial charge in [0.1, 0.15) is 5.75 Å². The van der Waals surface area contributed by atoms with Crippen molar-refractivity contribution in [1.82, 2.24) is 0 Å². The zero-order chi connectivity index (χ0) is 9.52. The Morgan fingerprint density at radius 2 is 2.00 bits per heavy atom. The highest BCUT2D eigenvalue weighted by molar-refractivity contribution is 6.30. The van der Waals surface area contributed by atoms with Crippen LogP contribution in [0, 0.1) is 0 Å². The molecule has 1 aromatic rings. The van der Waals surface area contributed by atoms with Crippen molar-refractivity contribution in [1.29, 1.82) is 0 Å². The molecule has 0 amide bonds. The van der Waals surface area contributed by atoms with Gasteiger partial charge in [0.25, 0.3) is 0 Å². The van der Waals surface area contributed by atoms with Crippen molar-refractivity contribution >= 4 is 18.3 Å². The first-order valence-electron chi connectivity index (χ1n) is 4.14. The number of ether oxygens (including phenoxy) is 1. The van der Waals surface area contributed by atoms with E-state index in [0.29, 0.717) is 6.61 Å². The van der Waals surface area contributed by atoms with Crippen molar-refractivity contribution in [2.45, 2.75) is 6.42 Å². The lowest BCUT2D eigenvalue weighted by atomic mass is 10.3. The van der Waals surface area contributed by atoms with Crippen molar-refractivity contribution in [3.05, 3.63) is 29.3 Å². The van der Waals surface area contributed by atoms with E-state index in [1.165, 1.54) is 0 Å². The van der Waals surface area contributed by atoms with Crippen LogP contribution in [0.4, 0.5) is 0 Å². The Morgan fingerprint density at radius 1 is 1.31 bits per heavy atom. The van der Waals surface area contributed by atoms with E-state index < -0.39 is 0 Å². The van der Waals surface area contributed by atoms with E-state index in [4.69, 9.17) is 16.3 Å². The zero-order valence-electron chi connectivity index (χ0n) is 7.37. The highest BCUT2D eigenvalue weighted by atomic mass is 35.5. The van der Waals surface area contributed by atoms with Crippen LogP contribution in [0.3, 0.4) is 0 Å². The van der Waals surface area contributed by atoms with Gasteiger partial charge >= 0.3 is 0 Å². The van der Waals surface area contributed by atoms with E-state index in [-0.39, 0.29) is 0 Å². The highest BCUT2D eigenvalue weighted by Crippen LogP contribution is 2.15. The molecule has 70 valence electrons. The number of hydrogen-bond acceptors (Lipinski definition) is 2. The average molecular weight is 198 g/mol. The molecule has 0 saturated heterocycles. The second-order valence-electron chi connectivity index (χ2n) is 2.60. The van der Waals surface area contributed by atoms with Gasteiger partial charge in [0, 0.05) is 18.0 Å². The first-order valence-corrected chi connectivity index (χ1v) is 4.51. The van der Waals surface area contributed by atoms with Gasteiger partial charge in [0.2, 0.25) is 0 Å². The van der Waals surface area contributed by atoms with Gasteiger partial charge in [-0.05, 0) is 31.0 Å². The van der Waals surface area contributed by atoms with E-state index in [1.807, 2.05) is 24.3 Å². The molecule has 2 nitrogen and oxygen atoms in total. The summed E-state index contributed by atoms with van der Waals surface area (Å²) < 4.78 is 5.42. The Labute approximate surface area is 83.2 Å². The van der Waals surface area contributed by atoms with Gasteiger partial charge in [0.15, 0.2) is 0 Å². The normalized spacial score (nSPS) is 9.62. The van der Waals surface area contributed by atoms with Crippen LogP contribution >= 0.6 is 11.6 Å². The maximum Gasteiger partial charge on any atom is 0.119 e. The minimum atomic E-state index is 0.667. The van der Waals surface area contributed by atoms with E-state index in [9.17, 15) is 0 Å². The molecule has 0 unspecified atom stereocenters. The fourth-order valence-electron chi connectivity index (χ4n) is 0.897. The smallest absolute Gasteiger partial charge is 0.119 e. The first-order chi connectivity index (χ1) is 6.33. The van der Waals surface area contributed by atoms with Crippen molar-refractivity contribution in [2.75, 3.05) is 13.2 Å². The molecule has 0 bridgehead atoms. The summed E-state index contributed by atoms with van der Waals surface area (Å²) in [6, 6.07) is 7.32. The van der Waals surface area contributed by atoms with Gasteiger partial charge in [0.05, 0.1) is 6.61 Å². The topological polar surface area (TPSA) is 21.6 Å². The molecule has 0 N–H and O–H groups in total. The first kappa shape index (κ1) is 10.1. The van der Waals surface area contributed by atoms with Gasteiger partial charge in [-0.2, -0.15) is 0 Å². The molecule has 0 heterocycles. The molecule has 0 saturated carbocycles. The van der Waals surface area contributed by atoms with Crippen molar-refractivity contribution < 1.29 is 4.74 Å². The monoisotopic (exact) mass is 197 g/mol. The molecule has 1 aromatic carbocycles. The predicted octanol–water partition coefficient (Wildman–Crippen LogP) is 2.81. The summed E-state index contributed by atoms with van der Waals surface area (Å²) in [7, 11) is 0. The van der Waals surface area contributed by atoms with Gasteiger partial charge in [-0.1, -0.05) is 11.6 Å². The van der Waals surface area contributed by atoms with Crippen molar-refractivity contribution in [3.8, 4) is 5.75 Å². The Hall–Kier alpha value is -1.02. The fourth-order valence-corrected chi connectivity index (χ4v) is 1.02. The minimum Gasteiger partial charge on any atom is -0.494 e. The lowest BCUT2D eigenvalue weighted by molar-refractivity contribution is 0.313. The Morgan fingerprint density at radius 3 is 2.62 bits per heavy atom. The molecule has 13 heavy (non-hydrogen) atoms. The lowest BCUT2D eigenvalue weighted by Crippen LogP contribution is -1.98. The third kappa shape index (κ3) is 3.95. The van der Waals surface area contributed by atoms with E-state index in [1.54, 1.807) is 0 Å². The predicted molar refractivity (Wildman–Crippen MR) is 56.0 cm³/mol. The number of aliphatic imine (C=N–C) groups is 1. The van der Waals surface area contributed by atoms with Crippen LogP contribution in [0.15, 0.2) is 29.3 Å². The van der Waals surface area contributed by atoms with Crippen molar-refractivity contribution in [3.63, 3.8) is 0 Å². The molecule has 1 rings (SSSR count). The summed E-state index contributed by atoms with van der Waals surface area (Å²) in [6.07, 6.45) is 0.895. The Balaban J connectivity index is 2.28. The van der Waals surface area contributed by atoms with Crippen LogP contribution in [0.5, 0.6) is 5.75 Å². The molecule has 0 aliphatic rings. The summed E-state index contributed by atoms with van der Waals surface area (Å²) in [6.45, 7) is 4.80. The van der Waals surface area contributed by atoms with E-state index in [2.05, 4.69) is 11.7 Å². The molecule has 3 heteroatoms. The summed E-state index contributed by atoms with van der Waals surface area (Å²) in [5.74, 6) is 0.841. The standard InChI is InChI=1S/C10H12ClNO/c1-12-7-2-8-13-10-5-3-9(11)4-6-10/h3-6H,1-2,7-8H2. The molecule has 0 aromatic heterocycles. The molecular formula is C10H12ClNO. The van der Waals surface area contributed by atoms with Crippen LogP contribution in [0.1, 0.15) is 6.42 Å². The summed E-state index contributed by atoms with van der Waals surface area (Å²) in [4.78, 5) is 3.73. The third-order valence-electron chi connectivity index (χ3n) is 1.54. The van der Waals surface area contributed by atoms with Crippen molar-refractivity contribution in [2.24, 2.45) is 4.99 Å². The zero-order valence-corrected chi connectivity index (χ0v) is 8.13. The van der Waals surface area contributed by atoms with Gasteiger partial charge < -0.3 is 9.73 Å². The summed E-state index contributed by atoms with van der Waals surface area (Å²) in [5.41, 5.74) is 0. The summed E-state index contributed by atoms with van der Waals surface area (Å²) >= 11 is 5.72. The highest BCUT2D eigenvalue weighted by Gasteiger charge is 1.92. The number of rotatable bonds is 5. The molecular weight excluding hydrogens is 186 g/mol. The maximum absolute atomic E-state index is 5.72. The van der Waals surface area contributed by atoms with E-state index >= 15 is 0 Å². The second kappa shape index (κ2) is 5.60. The van der Waals surface area contributed by atoms with Crippen LogP contribution in [0.2, 0.25) is 5.02 Å². The van der Waals surface area contributed by atoms with Crippen LogP contribution in [0.25, 0.3) is 0 Å². The maximum atomic E-state index is 5.72. The number of nitrogens with zero attached hydrogens (tertiary/aromatic N) is 1. The minimum absolute atomic E-state index is 0.667. The van der Waals surface area contributed by atoms with Crippen LogP contribution < -0.4 is 4.74 Å². The lowest BCUT2D eigenvalue weighted by Gasteiger charge is -2.04. The molecule has 0 aliphatic carbocycles. The van der Waals surface area contributed by atoms with Crippen LogP contribution in [-0.4, -0.2) is 19.9 Å². The number of halogens is 1. The van der Waals surface area contributed by atoms with E-state index in [0.717, 1.165) is 23.7 Å². The molecule has 0 radical (unpaired) electrons. The Kier molecular flexibility index (Phi) is 4.33. The number of hydrogen-bond donors (Lipinski definition) is 0. The third-order valence-corrected chi connectivity index (χ3v) is 1.79. The van der Waals surface area contributed by atoms with Gasteiger partial charge in [-0.15, -0.1) is 0 Å². The molecule has 0 aliphatic heterocycles. The van der Waals surface area contributed by atoms with Gasteiger partial charge in [-0.25, -0.2) is 0 Å².